The largest absolute Gasteiger partial charge is 0.503 e. The zero-order valence-electron chi connectivity index (χ0n) is 19.2. The van der Waals surface area contributed by atoms with Gasteiger partial charge in [0.1, 0.15) is 11.7 Å². The van der Waals surface area contributed by atoms with Crippen molar-refractivity contribution in [2.24, 2.45) is 5.92 Å². The number of rotatable bonds is 6. The van der Waals surface area contributed by atoms with E-state index in [2.05, 4.69) is 15.9 Å². The first kappa shape index (κ1) is 24.7. The van der Waals surface area contributed by atoms with E-state index in [0.29, 0.717) is 5.56 Å². The lowest BCUT2D eigenvalue weighted by atomic mass is 9.90. The Hall–Kier alpha value is -4.03. The fourth-order valence-electron chi connectivity index (χ4n) is 4.62. The maximum Gasteiger partial charge on any atom is 0.271 e. The average molecular weight is 572 g/mol. The molecule has 3 aromatic carbocycles. The molecule has 2 saturated heterocycles. The number of nitrogens with zero attached hydrogens (tertiary/aromatic N) is 3. The lowest BCUT2D eigenvalue weighted by Gasteiger charge is -2.29. The number of fused-ring (bicyclic) bond motifs is 1. The van der Waals surface area contributed by atoms with Gasteiger partial charge in [-0.05, 0) is 58.7 Å². The van der Waals surface area contributed by atoms with Gasteiger partial charge >= 0.3 is 0 Å². The van der Waals surface area contributed by atoms with Crippen LogP contribution in [0.1, 0.15) is 18.5 Å². The number of nitro benzene ring substituents is 1. The zero-order valence-corrected chi connectivity index (χ0v) is 20.8. The highest BCUT2D eigenvalue weighted by atomic mass is 79.9. The van der Waals surface area contributed by atoms with Crippen molar-refractivity contribution in [3.05, 3.63) is 86.6 Å². The highest BCUT2D eigenvalue weighted by Crippen LogP contribution is 2.50. The number of anilines is 2. The zero-order chi connectivity index (χ0) is 26.4. The number of phenols is 1. The first-order valence-corrected chi connectivity index (χ1v) is 12.0. The smallest absolute Gasteiger partial charge is 0.271 e. The number of amides is 2. The number of ether oxygens (including phenoxy) is 1. The number of aromatic hydroxyl groups is 1. The maximum atomic E-state index is 14.6. The van der Waals surface area contributed by atoms with E-state index in [1.165, 1.54) is 47.5 Å². The molecule has 190 valence electrons. The van der Waals surface area contributed by atoms with Crippen molar-refractivity contribution in [2.45, 2.75) is 19.1 Å². The van der Waals surface area contributed by atoms with E-state index in [1.54, 1.807) is 19.1 Å². The number of imide groups is 1. The van der Waals surface area contributed by atoms with Crippen molar-refractivity contribution in [1.82, 2.24) is 0 Å². The monoisotopic (exact) mass is 571 g/mol. The summed E-state index contributed by atoms with van der Waals surface area (Å²) in [4.78, 5) is 44.6. The molecule has 0 radical (unpaired) electrons. The van der Waals surface area contributed by atoms with Crippen LogP contribution >= 0.6 is 15.9 Å². The summed E-state index contributed by atoms with van der Waals surface area (Å²) in [6, 6.07) is 13.1. The van der Waals surface area contributed by atoms with E-state index < -0.39 is 40.6 Å². The summed E-state index contributed by atoms with van der Waals surface area (Å²) < 4.78 is 20.4. The molecule has 2 aliphatic rings. The molecule has 3 aromatic rings. The van der Waals surface area contributed by atoms with Crippen LogP contribution in [0.3, 0.4) is 0 Å². The molecule has 2 aliphatic heterocycles. The van der Waals surface area contributed by atoms with Gasteiger partial charge in [-0.3, -0.25) is 24.5 Å². The van der Waals surface area contributed by atoms with E-state index in [0.717, 1.165) is 11.0 Å². The predicted molar refractivity (Wildman–Crippen MR) is 133 cm³/mol. The molecule has 2 fully saturated rings. The van der Waals surface area contributed by atoms with E-state index in [-0.39, 0.29) is 39.6 Å². The van der Waals surface area contributed by atoms with Crippen LogP contribution in [0.5, 0.6) is 11.5 Å². The number of carbonyl (C=O) groups excluding carboxylic acids is 2. The Kier molecular flexibility index (Phi) is 6.30. The second-order valence-corrected chi connectivity index (χ2v) is 9.20. The van der Waals surface area contributed by atoms with E-state index in [1.807, 2.05) is 0 Å². The average Bonchev–Trinajstić information content (AvgIpc) is 3.38. The fourth-order valence-corrected chi connectivity index (χ4v) is 5.08. The van der Waals surface area contributed by atoms with Gasteiger partial charge in [-0.2, -0.15) is 0 Å². The number of carbonyl (C=O) groups is 2. The number of nitro groups is 1. The molecule has 0 spiro atoms. The predicted octanol–water partition coefficient (Wildman–Crippen LogP) is 4.65. The number of hydrogen-bond donors (Lipinski definition) is 1. The summed E-state index contributed by atoms with van der Waals surface area (Å²) >= 11 is 3.29. The minimum absolute atomic E-state index is 0.122. The van der Waals surface area contributed by atoms with Gasteiger partial charge in [0.15, 0.2) is 17.6 Å². The van der Waals surface area contributed by atoms with Gasteiger partial charge in [-0.15, -0.1) is 0 Å². The Morgan fingerprint density at radius 2 is 1.89 bits per heavy atom. The third-order valence-electron chi connectivity index (χ3n) is 6.20. The van der Waals surface area contributed by atoms with Gasteiger partial charge in [-0.25, -0.2) is 14.4 Å². The summed E-state index contributed by atoms with van der Waals surface area (Å²) in [5.74, 6) is -3.37. The molecule has 10 nitrogen and oxygen atoms in total. The Morgan fingerprint density at radius 1 is 1.14 bits per heavy atom. The highest BCUT2D eigenvalue weighted by Gasteiger charge is 2.60. The van der Waals surface area contributed by atoms with Crippen LogP contribution in [-0.4, -0.2) is 34.6 Å². The third-order valence-corrected chi connectivity index (χ3v) is 6.80. The summed E-state index contributed by atoms with van der Waals surface area (Å²) in [6.45, 7) is 1.97. The number of para-hydroxylation sites is 1. The molecule has 0 saturated carbocycles. The van der Waals surface area contributed by atoms with Crippen molar-refractivity contribution in [3.8, 4) is 11.5 Å². The van der Waals surface area contributed by atoms with Crippen LogP contribution in [-0.2, 0) is 14.4 Å². The number of phenolic OH excluding ortho intramolecular Hbond substituents is 1. The van der Waals surface area contributed by atoms with Crippen molar-refractivity contribution < 1.29 is 33.6 Å². The number of hydroxylamine groups is 1. The van der Waals surface area contributed by atoms with Gasteiger partial charge in [0.05, 0.1) is 33.4 Å². The molecule has 3 atom stereocenters. The van der Waals surface area contributed by atoms with Crippen LogP contribution in [0.2, 0.25) is 0 Å². The minimum Gasteiger partial charge on any atom is -0.503 e. The number of hydrogen-bond acceptors (Lipinski definition) is 8. The summed E-state index contributed by atoms with van der Waals surface area (Å²) in [6.07, 6.45) is -1.32. The molecule has 0 bridgehead atoms. The number of non-ortho nitro benzene ring substituents is 1. The second kappa shape index (κ2) is 9.45. The lowest BCUT2D eigenvalue weighted by Crippen LogP contribution is -2.37. The molecular weight excluding hydrogens is 553 g/mol. The lowest BCUT2D eigenvalue weighted by molar-refractivity contribution is -0.384. The van der Waals surface area contributed by atoms with Gasteiger partial charge in [0, 0.05) is 12.1 Å². The Bertz CT molecular complexity index is 1440. The van der Waals surface area contributed by atoms with Crippen molar-refractivity contribution in [2.75, 3.05) is 16.6 Å². The molecule has 2 amide bonds. The third kappa shape index (κ3) is 4.07. The van der Waals surface area contributed by atoms with Gasteiger partial charge < -0.3 is 9.84 Å². The Labute approximate surface area is 218 Å². The summed E-state index contributed by atoms with van der Waals surface area (Å²) in [7, 11) is 0. The molecule has 0 aliphatic carbocycles. The molecule has 37 heavy (non-hydrogen) atoms. The Morgan fingerprint density at radius 3 is 2.59 bits per heavy atom. The van der Waals surface area contributed by atoms with Crippen LogP contribution in [0.25, 0.3) is 0 Å². The van der Waals surface area contributed by atoms with E-state index >= 15 is 0 Å². The van der Waals surface area contributed by atoms with E-state index in [9.17, 15) is 29.2 Å². The van der Waals surface area contributed by atoms with Crippen LogP contribution in [0, 0.1) is 21.8 Å². The molecule has 1 N–H and O–H groups in total. The van der Waals surface area contributed by atoms with Gasteiger partial charge in [0.2, 0.25) is 5.91 Å². The minimum atomic E-state index is -1.32. The number of halogens is 2. The van der Waals surface area contributed by atoms with E-state index in [4.69, 9.17) is 9.57 Å². The van der Waals surface area contributed by atoms with Crippen LogP contribution < -0.4 is 14.7 Å². The number of benzene rings is 3. The molecular formula is C25H19BrFN3O7. The van der Waals surface area contributed by atoms with Crippen molar-refractivity contribution in [3.63, 3.8) is 0 Å². The van der Waals surface area contributed by atoms with Crippen LogP contribution in [0.4, 0.5) is 21.5 Å². The quantitative estimate of drug-likeness (QED) is 0.257. The fraction of sp³-hybridized carbons (Fsp3) is 0.200. The summed E-state index contributed by atoms with van der Waals surface area (Å²) in [5.41, 5.74) is 0.236. The standard InChI is InChI=1S/C25H19BrFN3O7/c1-2-36-19-11-13(10-16(26)22(19)31)21-20-23(37-29(21)14-6-5-7-15(12-14)30(34)35)25(33)28(24(20)32)18-9-4-3-8-17(18)27/h3-12,20-21,23,31H,2H2,1H3/t20-,21-,23+/m1/s1. The van der Waals surface area contributed by atoms with Gasteiger partial charge in [0.25, 0.3) is 11.6 Å². The SMILES string of the molecule is CCOc1cc([C@@H]2[C@H]3C(=O)N(c4ccccc4F)C(=O)[C@H]3ON2c2cccc([N+](=O)[O-])c2)cc(Br)c1O. The van der Waals surface area contributed by atoms with Crippen molar-refractivity contribution in [1.29, 1.82) is 0 Å². The molecule has 5 rings (SSSR count). The highest BCUT2D eigenvalue weighted by molar-refractivity contribution is 9.10. The molecule has 0 unspecified atom stereocenters. The maximum absolute atomic E-state index is 14.6. The molecule has 2 heterocycles. The molecule has 0 aromatic heterocycles. The summed E-state index contributed by atoms with van der Waals surface area (Å²) in [5, 5.41) is 23.1. The first-order valence-electron chi connectivity index (χ1n) is 11.2. The Balaban J connectivity index is 1.65. The second-order valence-electron chi connectivity index (χ2n) is 8.35. The van der Waals surface area contributed by atoms with Gasteiger partial charge in [-0.1, -0.05) is 18.2 Å². The normalized spacial score (nSPS) is 20.9. The topological polar surface area (TPSA) is 122 Å². The first-order chi connectivity index (χ1) is 17.7. The van der Waals surface area contributed by atoms with Crippen molar-refractivity contribution >= 4 is 44.8 Å². The van der Waals surface area contributed by atoms with Crippen LogP contribution in [0.15, 0.2) is 65.1 Å². The molecule has 12 heteroatoms.